The first-order valence-electron chi connectivity index (χ1n) is 7.78. The van der Waals surface area contributed by atoms with Crippen LogP contribution in [0, 0.1) is 5.92 Å². The minimum atomic E-state index is -0.498. The van der Waals surface area contributed by atoms with Gasteiger partial charge in [0.2, 0.25) is 17.0 Å². The highest BCUT2D eigenvalue weighted by molar-refractivity contribution is 6.64. The third-order valence-electron chi connectivity index (χ3n) is 4.26. The van der Waals surface area contributed by atoms with Crippen LogP contribution in [0.2, 0.25) is 10.0 Å². The van der Waals surface area contributed by atoms with Crippen LogP contribution in [-0.4, -0.2) is 22.7 Å². The van der Waals surface area contributed by atoms with E-state index in [0.717, 1.165) is 0 Å². The Morgan fingerprint density at radius 1 is 1.23 bits per heavy atom. The van der Waals surface area contributed by atoms with E-state index >= 15 is 0 Å². The zero-order valence-electron chi connectivity index (χ0n) is 13.2. The summed E-state index contributed by atoms with van der Waals surface area (Å²) in [5, 5.41) is 0.346. The average Bonchev–Trinajstić information content (AvgIpc) is 3.19. The van der Waals surface area contributed by atoms with Gasteiger partial charge in [0.15, 0.2) is 5.58 Å². The molecule has 1 unspecified atom stereocenters. The Kier molecular flexibility index (Phi) is 4.39. The number of fused-ring (bicyclic) bond motifs is 1. The molecule has 3 aromatic rings. The number of halogens is 3. The molecule has 2 aromatic carbocycles. The minimum Gasteiger partial charge on any atom is -0.435 e. The molecule has 1 aliphatic heterocycles. The summed E-state index contributed by atoms with van der Waals surface area (Å²) in [6.45, 7) is 0.264. The number of hydrogen-bond acceptors (Lipinski definition) is 4. The normalized spacial score (nSPS) is 17.3. The van der Waals surface area contributed by atoms with Crippen LogP contribution in [0.5, 0.6) is 0 Å². The molecule has 1 saturated heterocycles. The van der Waals surface area contributed by atoms with Crippen molar-refractivity contribution < 1.29 is 14.0 Å². The molecule has 132 valence electrons. The number of carbonyl (C=O) groups excluding carboxylic acids is 2. The number of hydrogen-bond donors (Lipinski definition) is 0. The van der Waals surface area contributed by atoms with Gasteiger partial charge in [-0.05, 0) is 41.9 Å². The fraction of sp³-hybridized carbons (Fsp3) is 0.167. The van der Waals surface area contributed by atoms with Crippen molar-refractivity contribution in [3.8, 4) is 11.5 Å². The van der Waals surface area contributed by atoms with Gasteiger partial charge in [0, 0.05) is 29.2 Å². The molecule has 1 aromatic heterocycles. The Bertz CT molecular complexity index is 1050. The summed E-state index contributed by atoms with van der Waals surface area (Å²) in [6, 6.07) is 10.4. The highest BCUT2D eigenvalue weighted by atomic mass is 35.5. The Morgan fingerprint density at radius 2 is 2.04 bits per heavy atom. The van der Waals surface area contributed by atoms with Gasteiger partial charge in [-0.3, -0.25) is 9.59 Å². The molecule has 1 fully saturated rings. The molecule has 0 spiro atoms. The maximum absolute atomic E-state index is 12.2. The first-order chi connectivity index (χ1) is 12.4. The van der Waals surface area contributed by atoms with E-state index in [1.807, 2.05) is 6.07 Å². The second-order valence-electron chi connectivity index (χ2n) is 6.01. The van der Waals surface area contributed by atoms with Crippen molar-refractivity contribution in [2.75, 3.05) is 11.4 Å². The SMILES string of the molecule is O=C(Cl)C1CC(=O)N(c2cccc(-c3nc4cc(Cl)cc(Cl)c4o3)c2)C1. The zero-order chi connectivity index (χ0) is 18.4. The average molecular weight is 410 g/mol. The van der Waals surface area contributed by atoms with Gasteiger partial charge < -0.3 is 9.32 Å². The predicted molar refractivity (Wildman–Crippen MR) is 101 cm³/mol. The summed E-state index contributed by atoms with van der Waals surface area (Å²) in [6.07, 6.45) is 0.115. The third kappa shape index (κ3) is 3.07. The summed E-state index contributed by atoms with van der Waals surface area (Å²) in [5.74, 6) is -0.269. The summed E-state index contributed by atoms with van der Waals surface area (Å²) in [4.78, 5) is 29.5. The largest absolute Gasteiger partial charge is 0.435 e. The Hall–Kier alpha value is -2.08. The predicted octanol–water partition coefficient (Wildman–Crippen LogP) is 4.92. The lowest BCUT2D eigenvalue weighted by Crippen LogP contribution is -2.25. The van der Waals surface area contributed by atoms with Gasteiger partial charge in [0.05, 0.1) is 10.9 Å². The monoisotopic (exact) mass is 408 g/mol. The van der Waals surface area contributed by atoms with Crippen LogP contribution < -0.4 is 4.90 Å². The molecule has 2 heterocycles. The van der Waals surface area contributed by atoms with E-state index in [4.69, 9.17) is 39.2 Å². The maximum atomic E-state index is 12.2. The maximum Gasteiger partial charge on any atom is 0.227 e. The van der Waals surface area contributed by atoms with E-state index < -0.39 is 11.2 Å². The van der Waals surface area contributed by atoms with Gasteiger partial charge in [-0.1, -0.05) is 29.3 Å². The first kappa shape index (κ1) is 17.3. The third-order valence-corrected chi connectivity index (χ3v) is 5.07. The van der Waals surface area contributed by atoms with Crippen molar-refractivity contribution >= 4 is 62.7 Å². The molecule has 8 heteroatoms. The molecular weight excluding hydrogens is 399 g/mol. The molecule has 4 rings (SSSR count). The number of benzene rings is 2. The number of aromatic nitrogens is 1. The van der Waals surface area contributed by atoms with Gasteiger partial charge in [-0.25, -0.2) is 4.98 Å². The van der Waals surface area contributed by atoms with Crippen LogP contribution in [0.1, 0.15) is 6.42 Å². The standard InChI is InChI=1S/C18H11Cl3N2O3/c19-11-6-13(20)16-14(7-11)22-18(26-16)9-2-1-3-12(4-9)23-8-10(17(21)25)5-15(23)24/h1-4,6-7,10H,5,8H2. The molecule has 1 amide bonds. The van der Waals surface area contributed by atoms with Gasteiger partial charge >= 0.3 is 0 Å². The molecule has 26 heavy (non-hydrogen) atoms. The molecular formula is C18H11Cl3N2O3. The fourth-order valence-electron chi connectivity index (χ4n) is 3.00. The van der Waals surface area contributed by atoms with Crippen molar-refractivity contribution in [1.29, 1.82) is 0 Å². The van der Waals surface area contributed by atoms with Gasteiger partial charge in [-0.2, -0.15) is 0 Å². The lowest BCUT2D eigenvalue weighted by molar-refractivity contribution is -0.120. The van der Waals surface area contributed by atoms with E-state index in [2.05, 4.69) is 4.98 Å². The van der Waals surface area contributed by atoms with Crippen LogP contribution in [0.25, 0.3) is 22.6 Å². The van der Waals surface area contributed by atoms with Crippen molar-refractivity contribution in [3.05, 3.63) is 46.4 Å². The summed E-state index contributed by atoms with van der Waals surface area (Å²) >= 11 is 17.7. The molecule has 0 N–H and O–H groups in total. The molecule has 5 nitrogen and oxygen atoms in total. The van der Waals surface area contributed by atoms with Crippen LogP contribution in [0.15, 0.2) is 40.8 Å². The topological polar surface area (TPSA) is 63.4 Å². The van der Waals surface area contributed by atoms with Crippen molar-refractivity contribution in [1.82, 2.24) is 4.98 Å². The van der Waals surface area contributed by atoms with Gasteiger partial charge in [0.25, 0.3) is 0 Å². The summed E-state index contributed by atoms with van der Waals surface area (Å²) < 4.78 is 5.76. The molecule has 1 atom stereocenters. The quantitative estimate of drug-likeness (QED) is 0.576. The van der Waals surface area contributed by atoms with Crippen LogP contribution in [0.3, 0.4) is 0 Å². The minimum absolute atomic E-state index is 0.115. The zero-order valence-corrected chi connectivity index (χ0v) is 15.5. The fourth-order valence-corrected chi connectivity index (χ4v) is 3.67. The molecule has 0 saturated carbocycles. The number of carbonyl (C=O) groups is 2. The van der Waals surface area contributed by atoms with E-state index in [0.29, 0.717) is 38.3 Å². The molecule has 1 aliphatic rings. The molecule has 0 bridgehead atoms. The van der Waals surface area contributed by atoms with Crippen LogP contribution >= 0.6 is 34.8 Å². The van der Waals surface area contributed by atoms with Crippen LogP contribution in [-0.2, 0) is 9.59 Å². The molecule has 0 radical (unpaired) electrons. The van der Waals surface area contributed by atoms with Gasteiger partial charge in [0.1, 0.15) is 5.52 Å². The highest BCUT2D eigenvalue weighted by Crippen LogP contribution is 2.34. The summed E-state index contributed by atoms with van der Waals surface area (Å²) in [7, 11) is 0. The Morgan fingerprint density at radius 3 is 2.77 bits per heavy atom. The van der Waals surface area contributed by atoms with Crippen molar-refractivity contribution in [2.24, 2.45) is 5.92 Å². The van der Waals surface area contributed by atoms with E-state index in [1.165, 1.54) is 0 Å². The summed E-state index contributed by atoms with van der Waals surface area (Å²) in [5.41, 5.74) is 2.33. The van der Waals surface area contributed by atoms with Crippen LogP contribution in [0.4, 0.5) is 5.69 Å². The Balaban J connectivity index is 1.71. The lowest BCUT2D eigenvalue weighted by atomic mass is 10.1. The van der Waals surface area contributed by atoms with E-state index in [9.17, 15) is 9.59 Å². The van der Waals surface area contributed by atoms with Crippen molar-refractivity contribution in [3.63, 3.8) is 0 Å². The van der Waals surface area contributed by atoms with Gasteiger partial charge in [-0.15, -0.1) is 0 Å². The highest BCUT2D eigenvalue weighted by Gasteiger charge is 2.34. The number of amides is 1. The van der Waals surface area contributed by atoms with Crippen molar-refractivity contribution in [2.45, 2.75) is 6.42 Å². The lowest BCUT2D eigenvalue weighted by Gasteiger charge is -2.16. The number of oxazole rings is 1. The van der Waals surface area contributed by atoms with E-state index in [1.54, 1.807) is 35.2 Å². The molecule has 0 aliphatic carbocycles. The first-order valence-corrected chi connectivity index (χ1v) is 8.91. The number of anilines is 1. The second kappa shape index (κ2) is 6.58. The Labute approximate surface area is 163 Å². The van der Waals surface area contributed by atoms with E-state index in [-0.39, 0.29) is 18.9 Å². The smallest absolute Gasteiger partial charge is 0.227 e. The number of nitrogens with zero attached hydrogens (tertiary/aromatic N) is 2. The second-order valence-corrected chi connectivity index (χ2v) is 7.23. The number of rotatable bonds is 3.